The van der Waals surface area contributed by atoms with Crippen molar-refractivity contribution in [2.24, 2.45) is 0 Å². The van der Waals surface area contributed by atoms with E-state index in [0.29, 0.717) is 17.3 Å². The molecule has 2 aliphatic rings. The highest BCUT2D eigenvalue weighted by atomic mass is 79.9. The number of amides is 2. The fourth-order valence-electron chi connectivity index (χ4n) is 4.26. The average Bonchev–Trinajstić information content (AvgIpc) is 3.56. The Morgan fingerprint density at radius 2 is 1.82 bits per heavy atom. The molecule has 2 heterocycles. The lowest BCUT2D eigenvalue weighted by molar-refractivity contribution is 0.0650. The van der Waals surface area contributed by atoms with Crippen molar-refractivity contribution in [3.63, 3.8) is 0 Å². The molecule has 4 rings (SSSR count). The number of carbonyl (C=O) groups is 2. The van der Waals surface area contributed by atoms with Crippen molar-refractivity contribution in [1.82, 2.24) is 19.1 Å². The van der Waals surface area contributed by atoms with Crippen molar-refractivity contribution < 1.29 is 18.0 Å². The summed E-state index contributed by atoms with van der Waals surface area (Å²) < 4.78 is 27.1. The van der Waals surface area contributed by atoms with Gasteiger partial charge in [-0.15, -0.1) is 0 Å². The monoisotopic (exact) mass is 550 g/mol. The molecule has 0 unspecified atom stereocenters. The van der Waals surface area contributed by atoms with Gasteiger partial charge < -0.3 is 14.8 Å². The van der Waals surface area contributed by atoms with Crippen LogP contribution in [0.1, 0.15) is 44.8 Å². The van der Waals surface area contributed by atoms with E-state index in [0.717, 1.165) is 17.4 Å². The number of aromatic nitrogens is 1. The summed E-state index contributed by atoms with van der Waals surface area (Å²) in [6.07, 6.45) is 2.50. The molecule has 34 heavy (non-hydrogen) atoms. The van der Waals surface area contributed by atoms with E-state index in [2.05, 4.69) is 21.2 Å². The zero-order valence-corrected chi connectivity index (χ0v) is 21.7. The average molecular weight is 551 g/mol. The van der Waals surface area contributed by atoms with E-state index in [1.807, 2.05) is 31.2 Å². The van der Waals surface area contributed by atoms with Crippen LogP contribution < -0.4 is 10.9 Å². The van der Waals surface area contributed by atoms with Crippen molar-refractivity contribution in [2.45, 2.75) is 38.4 Å². The van der Waals surface area contributed by atoms with Crippen molar-refractivity contribution in [3.8, 4) is 0 Å². The molecule has 1 aliphatic carbocycles. The zero-order chi connectivity index (χ0) is 24.8. The molecule has 0 spiro atoms. The van der Waals surface area contributed by atoms with Crippen LogP contribution in [0.4, 0.5) is 0 Å². The minimum absolute atomic E-state index is 0.0422. The number of fused-ring (bicyclic) bond motifs is 1. The number of aryl methyl sites for hydroxylation is 1. The van der Waals surface area contributed by atoms with E-state index >= 15 is 0 Å². The number of sulfonamides is 1. The number of carbonyl (C=O) groups excluding carboxylic acids is 2. The summed E-state index contributed by atoms with van der Waals surface area (Å²) in [6.45, 7) is 2.99. The molecule has 1 saturated carbocycles. The number of nitrogens with zero attached hydrogens (tertiary/aromatic N) is 3. The molecule has 0 atom stereocenters. The Morgan fingerprint density at radius 3 is 2.41 bits per heavy atom. The molecule has 1 aromatic carbocycles. The molecule has 182 valence electrons. The Balaban J connectivity index is 1.54. The Bertz CT molecular complexity index is 1320. The summed E-state index contributed by atoms with van der Waals surface area (Å²) in [5.41, 5.74) is 1.02. The summed E-state index contributed by atoms with van der Waals surface area (Å²) in [7, 11) is -1.86. The zero-order valence-electron chi connectivity index (χ0n) is 19.3. The third-order valence-corrected chi connectivity index (χ3v) is 8.61. The third kappa shape index (κ3) is 4.69. The van der Waals surface area contributed by atoms with E-state index in [1.165, 1.54) is 22.0 Å². The van der Waals surface area contributed by atoms with E-state index < -0.39 is 27.0 Å². The van der Waals surface area contributed by atoms with Crippen LogP contribution in [0.3, 0.4) is 0 Å². The second-order valence-electron chi connectivity index (χ2n) is 9.06. The minimum Gasteiger partial charge on any atom is -0.348 e. The molecule has 0 radical (unpaired) electrons. The van der Waals surface area contributed by atoms with Crippen LogP contribution >= 0.6 is 15.9 Å². The molecule has 11 heteroatoms. The van der Waals surface area contributed by atoms with Crippen LogP contribution in [0, 0.1) is 6.92 Å². The van der Waals surface area contributed by atoms with Gasteiger partial charge in [-0.1, -0.05) is 29.8 Å². The van der Waals surface area contributed by atoms with Crippen molar-refractivity contribution in [3.05, 3.63) is 67.5 Å². The summed E-state index contributed by atoms with van der Waals surface area (Å²) in [5, 5.41) is 2.76. The quantitative estimate of drug-likeness (QED) is 0.564. The number of benzene rings is 1. The number of hydrogen-bond acceptors (Lipinski definition) is 5. The molecule has 1 aromatic heterocycles. The predicted octanol–water partition coefficient (Wildman–Crippen LogP) is 1.73. The number of halogens is 1. The first-order valence-electron chi connectivity index (χ1n) is 10.9. The fourth-order valence-corrected chi connectivity index (χ4v) is 5.81. The second kappa shape index (κ2) is 8.94. The maximum atomic E-state index is 13.3. The van der Waals surface area contributed by atoms with Crippen LogP contribution in [0.5, 0.6) is 0 Å². The molecule has 0 saturated heterocycles. The SMILES string of the molecule is Cc1ccc(CNC(=O)c2cc(Br)c3n(c2=O)CCN(CC2(N(C)S(C)(=O)=O)CC2)C3=O)cc1. The van der Waals surface area contributed by atoms with Crippen LogP contribution in [0.25, 0.3) is 0 Å². The number of hydrogen-bond donors (Lipinski definition) is 1. The van der Waals surface area contributed by atoms with Gasteiger partial charge >= 0.3 is 0 Å². The number of rotatable bonds is 7. The van der Waals surface area contributed by atoms with Crippen LogP contribution in [-0.4, -0.2) is 65.9 Å². The standard InChI is InChI=1S/C23H27BrN4O5S/c1-15-4-6-16(7-5-15)13-25-20(29)17-12-18(24)19-22(31)27(10-11-28(19)21(17)30)14-23(8-9-23)26(2)34(3,32)33/h4-7,12H,8-11,13-14H2,1-3H3,(H,25,29). The molecule has 2 aromatic rings. The van der Waals surface area contributed by atoms with Gasteiger partial charge in [0.2, 0.25) is 10.0 Å². The largest absolute Gasteiger partial charge is 0.348 e. The minimum atomic E-state index is -3.40. The highest BCUT2D eigenvalue weighted by Gasteiger charge is 2.52. The van der Waals surface area contributed by atoms with Gasteiger partial charge in [0.25, 0.3) is 17.4 Å². The first kappa shape index (κ1) is 24.6. The van der Waals surface area contributed by atoms with Gasteiger partial charge in [-0.2, -0.15) is 4.31 Å². The van der Waals surface area contributed by atoms with Crippen molar-refractivity contribution >= 4 is 37.8 Å². The first-order chi connectivity index (χ1) is 15.9. The van der Waals surface area contributed by atoms with E-state index in [-0.39, 0.29) is 43.3 Å². The van der Waals surface area contributed by atoms with Crippen LogP contribution in [-0.2, 0) is 23.1 Å². The predicted molar refractivity (Wildman–Crippen MR) is 131 cm³/mol. The van der Waals surface area contributed by atoms with Crippen LogP contribution in [0.2, 0.25) is 0 Å². The number of likely N-dealkylation sites (N-methyl/N-ethyl adjacent to an activating group) is 1. The Kier molecular flexibility index (Phi) is 6.47. The summed E-state index contributed by atoms with van der Waals surface area (Å²) in [6, 6.07) is 9.10. The van der Waals surface area contributed by atoms with Gasteiger partial charge in [0.05, 0.1) is 11.8 Å². The number of nitrogens with one attached hydrogen (secondary N) is 1. The highest BCUT2D eigenvalue weighted by molar-refractivity contribution is 9.10. The molecular weight excluding hydrogens is 524 g/mol. The fraction of sp³-hybridized carbons (Fsp3) is 0.435. The summed E-state index contributed by atoms with van der Waals surface area (Å²) >= 11 is 3.37. The molecular formula is C23H27BrN4O5S. The molecule has 2 amide bonds. The Hall–Kier alpha value is -2.50. The van der Waals surface area contributed by atoms with E-state index in [4.69, 9.17) is 0 Å². The van der Waals surface area contributed by atoms with Crippen molar-refractivity contribution in [2.75, 3.05) is 26.4 Å². The van der Waals surface area contributed by atoms with Gasteiger partial charge in [-0.05, 0) is 47.3 Å². The van der Waals surface area contributed by atoms with Gasteiger partial charge in [-0.3, -0.25) is 14.4 Å². The lowest BCUT2D eigenvalue weighted by Crippen LogP contribution is -2.52. The van der Waals surface area contributed by atoms with E-state index in [9.17, 15) is 22.8 Å². The molecule has 1 fully saturated rings. The molecule has 1 N–H and O–H groups in total. The lowest BCUT2D eigenvalue weighted by Gasteiger charge is -2.35. The topological polar surface area (TPSA) is 109 Å². The van der Waals surface area contributed by atoms with Gasteiger partial charge in [-0.25, -0.2) is 8.42 Å². The third-order valence-electron chi connectivity index (χ3n) is 6.62. The molecule has 9 nitrogen and oxygen atoms in total. The maximum Gasteiger partial charge on any atom is 0.271 e. The maximum absolute atomic E-state index is 13.3. The van der Waals surface area contributed by atoms with Gasteiger partial charge in [0.1, 0.15) is 11.3 Å². The number of pyridine rings is 1. The second-order valence-corrected chi connectivity index (χ2v) is 11.9. The Labute approximate surface area is 206 Å². The Morgan fingerprint density at radius 1 is 1.18 bits per heavy atom. The van der Waals surface area contributed by atoms with E-state index in [1.54, 1.807) is 4.90 Å². The lowest BCUT2D eigenvalue weighted by atomic mass is 10.1. The van der Waals surface area contributed by atoms with Gasteiger partial charge in [0, 0.05) is 37.7 Å². The molecule has 0 bridgehead atoms. The van der Waals surface area contributed by atoms with Gasteiger partial charge in [0.15, 0.2) is 0 Å². The van der Waals surface area contributed by atoms with Crippen LogP contribution in [0.15, 0.2) is 39.6 Å². The smallest absolute Gasteiger partial charge is 0.271 e. The summed E-state index contributed by atoms with van der Waals surface area (Å²) in [4.78, 5) is 40.7. The van der Waals surface area contributed by atoms with Crippen molar-refractivity contribution in [1.29, 1.82) is 0 Å². The summed E-state index contributed by atoms with van der Waals surface area (Å²) in [5.74, 6) is -0.877. The molecule has 1 aliphatic heterocycles. The normalized spacial score (nSPS) is 17.0. The highest BCUT2D eigenvalue weighted by Crippen LogP contribution is 2.43. The first-order valence-corrected chi connectivity index (χ1v) is 13.6.